The summed E-state index contributed by atoms with van der Waals surface area (Å²) in [6, 6.07) is 2.98. The standard InChI is InChI=1S/C31H44FNO4/c1-18(2)13-31(33,28(35)37-29(3,4)5)27(34)24-11-23(22-6-7-22)26(12-25(24)32)36-17-30-14-19-8-20(15-30)10-21(9-19)16-30/h11-12,18-22H,6-10,13-17,33H2,1-5H3/t19?,20?,21?,30?,31-/m1/s1. The number of rotatable bonds is 9. The Morgan fingerprint density at radius 2 is 1.62 bits per heavy atom. The van der Waals surface area contributed by atoms with Crippen molar-refractivity contribution >= 4 is 11.8 Å². The third-order valence-corrected chi connectivity index (χ3v) is 8.96. The number of ether oxygens (including phenoxy) is 2. The van der Waals surface area contributed by atoms with Gasteiger partial charge >= 0.3 is 5.97 Å². The largest absolute Gasteiger partial charge is 0.493 e. The minimum absolute atomic E-state index is 0.0599. The first kappa shape index (κ1) is 26.6. The third kappa shape index (κ3) is 5.46. The van der Waals surface area contributed by atoms with E-state index in [1.54, 1.807) is 26.8 Å². The molecule has 0 aliphatic heterocycles. The predicted molar refractivity (Wildman–Crippen MR) is 141 cm³/mol. The Morgan fingerprint density at radius 1 is 1.05 bits per heavy atom. The molecule has 0 aromatic heterocycles. The molecular weight excluding hydrogens is 469 g/mol. The van der Waals surface area contributed by atoms with Crippen molar-refractivity contribution in [3.05, 3.63) is 29.1 Å². The minimum atomic E-state index is -1.95. The number of hydrogen-bond donors (Lipinski definition) is 1. The summed E-state index contributed by atoms with van der Waals surface area (Å²) in [6.07, 6.45) is 9.81. The first-order valence-electron chi connectivity index (χ1n) is 14.3. The second kappa shape index (κ2) is 9.36. The van der Waals surface area contributed by atoms with Crippen molar-refractivity contribution in [2.75, 3.05) is 6.61 Å². The molecule has 0 unspecified atom stereocenters. The number of Topliss-reactive ketones (excluding diaryl/α,β-unsaturated/α-hetero) is 1. The summed E-state index contributed by atoms with van der Waals surface area (Å²) in [7, 11) is 0. The molecule has 1 aromatic carbocycles. The lowest BCUT2D eigenvalue weighted by atomic mass is 9.50. The van der Waals surface area contributed by atoms with Crippen LogP contribution in [0.4, 0.5) is 4.39 Å². The van der Waals surface area contributed by atoms with Gasteiger partial charge in [0.2, 0.25) is 0 Å². The van der Waals surface area contributed by atoms with Crippen molar-refractivity contribution in [3.8, 4) is 5.75 Å². The zero-order valence-electron chi connectivity index (χ0n) is 23.2. The molecule has 204 valence electrons. The lowest BCUT2D eigenvalue weighted by Gasteiger charge is -2.56. The third-order valence-electron chi connectivity index (χ3n) is 8.96. The van der Waals surface area contributed by atoms with Gasteiger partial charge in [-0.3, -0.25) is 4.79 Å². The molecule has 6 heteroatoms. The van der Waals surface area contributed by atoms with Gasteiger partial charge in [0, 0.05) is 11.5 Å². The molecule has 0 spiro atoms. The lowest BCUT2D eigenvalue weighted by molar-refractivity contribution is -0.160. The molecule has 0 radical (unpaired) electrons. The SMILES string of the molecule is CC(C)C[C@](N)(C(=O)OC(C)(C)C)C(=O)c1cc(C2CC2)c(OCC23CC4CC(CC(C4)C2)C3)cc1F. The van der Waals surface area contributed by atoms with E-state index in [4.69, 9.17) is 15.2 Å². The van der Waals surface area contributed by atoms with Gasteiger partial charge in [-0.25, -0.2) is 9.18 Å². The summed E-state index contributed by atoms with van der Waals surface area (Å²) < 4.78 is 27.6. The highest BCUT2D eigenvalue weighted by Crippen LogP contribution is 2.60. The van der Waals surface area contributed by atoms with Crippen LogP contribution >= 0.6 is 0 Å². The van der Waals surface area contributed by atoms with Gasteiger partial charge in [0.1, 0.15) is 17.2 Å². The molecule has 5 aliphatic rings. The van der Waals surface area contributed by atoms with E-state index in [1.807, 2.05) is 13.8 Å². The number of esters is 1. The Labute approximate surface area is 221 Å². The van der Waals surface area contributed by atoms with E-state index >= 15 is 4.39 Å². The normalized spacial score (nSPS) is 30.3. The van der Waals surface area contributed by atoms with Crippen molar-refractivity contribution in [1.82, 2.24) is 0 Å². The van der Waals surface area contributed by atoms with Gasteiger partial charge in [0.15, 0.2) is 11.3 Å². The molecule has 37 heavy (non-hydrogen) atoms. The van der Waals surface area contributed by atoms with E-state index in [0.29, 0.717) is 12.4 Å². The summed E-state index contributed by atoms with van der Waals surface area (Å²) >= 11 is 0. The molecule has 5 nitrogen and oxygen atoms in total. The van der Waals surface area contributed by atoms with Crippen LogP contribution in [0, 0.1) is 34.9 Å². The minimum Gasteiger partial charge on any atom is -0.493 e. The molecule has 1 atom stereocenters. The van der Waals surface area contributed by atoms with Gasteiger partial charge in [0.05, 0.1) is 12.2 Å². The number of halogens is 1. The van der Waals surface area contributed by atoms with Crippen LogP contribution in [0.3, 0.4) is 0 Å². The predicted octanol–water partition coefficient (Wildman–Crippen LogP) is 6.57. The van der Waals surface area contributed by atoms with Crippen LogP contribution in [0.1, 0.15) is 114 Å². The van der Waals surface area contributed by atoms with Crippen molar-refractivity contribution in [1.29, 1.82) is 0 Å². The molecular formula is C31H44FNO4. The fourth-order valence-electron chi connectivity index (χ4n) is 7.80. The lowest BCUT2D eigenvalue weighted by Crippen LogP contribution is -2.58. The highest BCUT2D eigenvalue weighted by atomic mass is 19.1. The van der Waals surface area contributed by atoms with Crippen molar-refractivity contribution < 1.29 is 23.5 Å². The summed E-state index contributed by atoms with van der Waals surface area (Å²) in [5.74, 6) is 0.986. The van der Waals surface area contributed by atoms with Gasteiger partial charge in [-0.15, -0.1) is 0 Å². The van der Waals surface area contributed by atoms with E-state index in [0.717, 1.165) is 36.2 Å². The van der Waals surface area contributed by atoms with E-state index in [1.165, 1.54) is 44.6 Å². The Bertz CT molecular complexity index is 1030. The molecule has 4 bridgehead atoms. The molecule has 0 heterocycles. The molecule has 2 N–H and O–H groups in total. The second-order valence-corrected chi connectivity index (χ2v) is 14.3. The molecule has 1 aromatic rings. The second-order valence-electron chi connectivity index (χ2n) is 14.3. The first-order valence-corrected chi connectivity index (χ1v) is 14.3. The molecule has 0 amide bonds. The first-order chi connectivity index (χ1) is 17.3. The van der Waals surface area contributed by atoms with Gasteiger partial charge < -0.3 is 15.2 Å². The summed E-state index contributed by atoms with van der Waals surface area (Å²) in [6.45, 7) is 9.57. The number of carbonyl (C=O) groups is 2. The quantitative estimate of drug-likeness (QED) is 0.230. The van der Waals surface area contributed by atoms with Crippen molar-refractivity contribution in [2.24, 2.45) is 34.8 Å². The Balaban J connectivity index is 1.41. The van der Waals surface area contributed by atoms with Gasteiger partial charge in [-0.05, 0) is 120 Å². The van der Waals surface area contributed by atoms with Crippen LogP contribution in [0.15, 0.2) is 12.1 Å². The average Bonchev–Trinajstić information content (AvgIpc) is 3.60. The molecule has 5 saturated carbocycles. The van der Waals surface area contributed by atoms with E-state index in [9.17, 15) is 9.59 Å². The van der Waals surface area contributed by atoms with Crippen molar-refractivity contribution in [3.63, 3.8) is 0 Å². The Kier molecular flexibility index (Phi) is 6.74. The van der Waals surface area contributed by atoms with Crippen LogP contribution < -0.4 is 10.5 Å². The number of hydrogen-bond acceptors (Lipinski definition) is 5. The fourth-order valence-corrected chi connectivity index (χ4v) is 7.80. The summed E-state index contributed by atoms with van der Waals surface area (Å²) in [5, 5.41) is 0. The van der Waals surface area contributed by atoms with Crippen LogP contribution in [-0.4, -0.2) is 29.5 Å². The van der Waals surface area contributed by atoms with E-state index in [-0.39, 0.29) is 29.2 Å². The maximum atomic E-state index is 15.6. The number of nitrogens with two attached hydrogens (primary N) is 1. The monoisotopic (exact) mass is 513 g/mol. The Hall–Kier alpha value is -1.95. The zero-order chi connectivity index (χ0) is 26.8. The highest BCUT2D eigenvalue weighted by Gasteiger charge is 2.51. The van der Waals surface area contributed by atoms with Crippen LogP contribution in [0.5, 0.6) is 5.75 Å². The van der Waals surface area contributed by atoms with E-state index in [2.05, 4.69) is 0 Å². The van der Waals surface area contributed by atoms with Gasteiger partial charge in [-0.1, -0.05) is 13.8 Å². The molecule has 5 fully saturated rings. The fraction of sp³-hybridized carbons (Fsp3) is 0.742. The topological polar surface area (TPSA) is 78.6 Å². The Morgan fingerprint density at radius 3 is 2.11 bits per heavy atom. The summed E-state index contributed by atoms with van der Waals surface area (Å²) in [4.78, 5) is 26.9. The van der Waals surface area contributed by atoms with Crippen LogP contribution in [0.25, 0.3) is 0 Å². The molecule has 5 aliphatic carbocycles. The maximum Gasteiger partial charge on any atom is 0.334 e. The number of ketones is 1. The summed E-state index contributed by atoms with van der Waals surface area (Å²) in [5.41, 5.74) is 4.65. The number of carbonyl (C=O) groups excluding carboxylic acids is 2. The van der Waals surface area contributed by atoms with Crippen LogP contribution in [0.2, 0.25) is 0 Å². The zero-order valence-corrected chi connectivity index (χ0v) is 23.2. The smallest absolute Gasteiger partial charge is 0.334 e. The van der Waals surface area contributed by atoms with Gasteiger partial charge in [0.25, 0.3) is 0 Å². The average molecular weight is 514 g/mol. The van der Waals surface area contributed by atoms with Crippen LogP contribution in [-0.2, 0) is 9.53 Å². The number of benzene rings is 1. The van der Waals surface area contributed by atoms with E-state index < -0.39 is 28.7 Å². The van der Waals surface area contributed by atoms with Gasteiger partial charge in [-0.2, -0.15) is 0 Å². The maximum absolute atomic E-state index is 15.6. The molecule has 0 saturated heterocycles. The molecule has 6 rings (SSSR count). The highest BCUT2D eigenvalue weighted by molar-refractivity contribution is 6.16. The van der Waals surface area contributed by atoms with Crippen molar-refractivity contribution in [2.45, 2.75) is 109 Å².